The van der Waals surface area contributed by atoms with Crippen molar-refractivity contribution in [3.8, 4) is 0 Å². The lowest BCUT2D eigenvalue weighted by Gasteiger charge is -1.89. The molecule has 0 saturated heterocycles. The molecule has 10 heavy (non-hydrogen) atoms. The highest BCUT2D eigenvalue weighted by Gasteiger charge is 1.99. The zero-order chi connectivity index (χ0) is 7.56. The molecule has 0 amide bonds. The molecule has 0 aromatic carbocycles. The number of amidine groups is 1. The molecule has 0 spiro atoms. The first kappa shape index (κ1) is 7.75. The Morgan fingerprint density at radius 2 is 2.50 bits per heavy atom. The van der Waals surface area contributed by atoms with Crippen molar-refractivity contribution in [3.05, 3.63) is 20.8 Å². The number of hydrogen-bond acceptors (Lipinski definition) is 2. The van der Waals surface area contributed by atoms with Gasteiger partial charge >= 0.3 is 0 Å². The van der Waals surface area contributed by atoms with Crippen LogP contribution in [0.5, 0.6) is 0 Å². The van der Waals surface area contributed by atoms with Gasteiger partial charge in [0.1, 0.15) is 5.84 Å². The van der Waals surface area contributed by atoms with E-state index in [1.165, 1.54) is 0 Å². The summed E-state index contributed by atoms with van der Waals surface area (Å²) in [5.41, 5.74) is 5.55. The number of nitrogens with two attached hydrogens (primary N) is 1. The van der Waals surface area contributed by atoms with Crippen molar-refractivity contribution in [1.82, 2.24) is 0 Å². The van der Waals surface area contributed by atoms with Gasteiger partial charge in [-0.25, -0.2) is 0 Å². The Morgan fingerprint density at radius 3 is 2.90 bits per heavy atom. The minimum Gasteiger partial charge on any atom is -0.383 e. The summed E-state index contributed by atoms with van der Waals surface area (Å²) in [6.07, 6.45) is 0. The normalized spacial score (nSPS) is 12.0. The van der Waals surface area contributed by atoms with Gasteiger partial charge in [-0.15, -0.1) is 11.3 Å². The summed E-state index contributed by atoms with van der Waals surface area (Å²) in [6.45, 7) is 0. The second-order valence-corrected chi connectivity index (χ2v) is 3.56. The third-order valence-corrected chi connectivity index (χ3v) is 2.77. The van der Waals surface area contributed by atoms with Crippen molar-refractivity contribution in [2.45, 2.75) is 0 Å². The highest BCUT2D eigenvalue weighted by atomic mass is 79.9. The highest BCUT2D eigenvalue weighted by molar-refractivity contribution is 9.10. The van der Waals surface area contributed by atoms with Gasteiger partial charge in [0.25, 0.3) is 0 Å². The molecule has 0 aliphatic carbocycles. The zero-order valence-electron chi connectivity index (χ0n) is 5.47. The first-order chi connectivity index (χ1) is 4.74. The standard InChI is InChI=1S/C6H7BrN2S/c1-9-6(8)5-2-4(7)3-10-5/h2-3H,1H3,(H2,8,9). The summed E-state index contributed by atoms with van der Waals surface area (Å²) in [4.78, 5) is 4.86. The SMILES string of the molecule is CN=C(N)c1cc(Br)cs1. The topological polar surface area (TPSA) is 38.4 Å². The van der Waals surface area contributed by atoms with Crippen LogP contribution in [0.2, 0.25) is 0 Å². The molecule has 0 fully saturated rings. The van der Waals surface area contributed by atoms with Gasteiger partial charge in [-0.2, -0.15) is 0 Å². The number of rotatable bonds is 1. The lowest BCUT2D eigenvalue weighted by Crippen LogP contribution is -2.10. The van der Waals surface area contributed by atoms with Crippen LogP contribution in [0.1, 0.15) is 4.88 Å². The summed E-state index contributed by atoms with van der Waals surface area (Å²) in [7, 11) is 1.68. The van der Waals surface area contributed by atoms with E-state index in [9.17, 15) is 0 Å². The van der Waals surface area contributed by atoms with Gasteiger partial charge in [0, 0.05) is 16.9 Å². The van der Waals surface area contributed by atoms with Crippen LogP contribution in [-0.2, 0) is 0 Å². The fourth-order valence-corrected chi connectivity index (χ4v) is 1.93. The van der Waals surface area contributed by atoms with E-state index < -0.39 is 0 Å². The van der Waals surface area contributed by atoms with Gasteiger partial charge in [-0.05, 0) is 22.0 Å². The van der Waals surface area contributed by atoms with Crippen LogP contribution in [0, 0.1) is 0 Å². The van der Waals surface area contributed by atoms with E-state index in [-0.39, 0.29) is 0 Å². The van der Waals surface area contributed by atoms with Crippen LogP contribution < -0.4 is 5.73 Å². The maximum Gasteiger partial charge on any atom is 0.135 e. The van der Waals surface area contributed by atoms with Crippen molar-refractivity contribution in [2.75, 3.05) is 7.05 Å². The number of thiophene rings is 1. The van der Waals surface area contributed by atoms with Crippen LogP contribution in [0.4, 0.5) is 0 Å². The maximum atomic E-state index is 5.55. The molecule has 0 atom stereocenters. The number of aliphatic imine (C=N–C) groups is 1. The summed E-state index contributed by atoms with van der Waals surface area (Å²) in [6, 6.07) is 1.95. The number of hydrogen-bond donors (Lipinski definition) is 1. The summed E-state index contributed by atoms with van der Waals surface area (Å²) in [5.74, 6) is 0.593. The summed E-state index contributed by atoms with van der Waals surface area (Å²) < 4.78 is 1.05. The molecule has 1 rings (SSSR count). The van der Waals surface area contributed by atoms with E-state index in [1.807, 2.05) is 11.4 Å². The molecule has 1 heterocycles. The molecule has 2 N–H and O–H groups in total. The van der Waals surface area contributed by atoms with Gasteiger partial charge in [0.2, 0.25) is 0 Å². The van der Waals surface area contributed by atoms with Crippen LogP contribution in [0.3, 0.4) is 0 Å². The van der Waals surface area contributed by atoms with Gasteiger partial charge in [-0.1, -0.05) is 0 Å². The Kier molecular flexibility index (Phi) is 2.45. The molecule has 0 saturated carbocycles. The predicted molar refractivity (Wildman–Crippen MR) is 48.7 cm³/mol. The second-order valence-electron chi connectivity index (χ2n) is 1.74. The van der Waals surface area contributed by atoms with Crippen molar-refractivity contribution < 1.29 is 0 Å². The quantitative estimate of drug-likeness (QED) is 0.568. The zero-order valence-corrected chi connectivity index (χ0v) is 7.87. The van der Waals surface area contributed by atoms with Crippen LogP contribution in [0.15, 0.2) is 20.9 Å². The van der Waals surface area contributed by atoms with Crippen LogP contribution in [0.25, 0.3) is 0 Å². The largest absolute Gasteiger partial charge is 0.383 e. The first-order valence-corrected chi connectivity index (χ1v) is 4.38. The van der Waals surface area contributed by atoms with E-state index >= 15 is 0 Å². The van der Waals surface area contributed by atoms with Gasteiger partial charge in [-0.3, -0.25) is 4.99 Å². The van der Waals surface area contributed by atoms with Gasteiger partial charge in [0.15, 0.2) is 0 Å². The maximum absolute atomic E-state index is 5.55. The molecular formula is C6H7BrN2S. The lowest BCUT2D eigenvalue weighted by atomic mass is 10.4. The third kappa shape index (κ3) is 1.58. The van der Waals surface area contributed by atoms with Crippen molar-refractivity contribution in [2.24, 2.45) is 10.7 Å². The molecule has 2 nitrogen and oxygen atoms in total. The van der Waals surface area contributed by atoms with E-state index in [1.54, 1.807) is 18.4 Å². The first-order valence-electron chi connectivity index (χ1n) is 2.70. The summed E-state index contributed by atoms with van der Waals surface area (Å²) >= 11 is 4.91. The monoisotopic (exact) mass is 218 g/mol. The molecule has 0 radical (unpaired) electrons. The average molecular weight is 219 g/mol. The predicted octanol–water partition coefficient (Wildman–Crippen LogP) is 1.85. The molecule has 1 aromatic rings. The molecule has 1 aromatic heterocycles. The van der Waals surface area contributed by atoms with E-state index in [0.29, 0.717) is 5.84 Å². The van der Waals surface area contributed by atoms with Crippen molar-refractivity contribution in [1.29, 1.82) is 0 Å². The molecular weight excluding hydrogens is 212 g/mol. The van der Waals surface area contributed by atoms with Gasteiger partial charge in [0.05, 0.1) is 4.88 Å². The molecule has 4 heteroatoms. The third-order valence-electron chi connectivity index (χ3n) is 1.06. The number of nitrogens with zero attached hydrogens (tertiary/aromatic N) is 1. The smallest absolute Gasteiger partial charge is 0.135 e. The fraction of sp³-hybridized carbons (Fsp3) is 0.167. The van der Waals surface area contributed by atoms with Crippen molar-refractivity contribution >= 4 is 33.1 Å². The highest BCUT2D eigenvalue weighted by Crippen LogP contribution is 2.18. The van der Waals surface area contributed by atoms with Crippen molar-refractivity contribution in [3.63, 3.8) is 0 Å². The number of halogens is 1. The van der Waals surface area contributed by atoms with Crippen LogP contribution >= 0.6 is 27.3 Å². The van der Waals surface area contributed by atoms with Gasteiger partial charge < -0.3 is 5.73 Å². The second kappa shape index (κ2) is 3.16. The Balaban J connectivity index is 2.95. The minimum atomic E-state index is 0.593. The lowest BCUT2D eigenvalue weighted by molar-refractivity contribution is 1.41. The Hall–Kier alpha value is -0.350. The van der Waals surface area contributed by atoms with E-state index in [0.717, 1.165) is 9.35 Å². The Bertz CT molecular complexity index is 254. The Labute approximate surface area is 71.9 Å². The van der Waals surface area contributed by atoms with Crippen LogP contribution in [-0.4, -0.2) is 12.9 Å². The molecule has 0 unspecified atom stereocenters. The van der Waals surface area contributed by atoms with E-state index in [4.69, 9.17) is 5.73 Å². The molecule has 54 valence electrons. The molecule has 0 bridgehead atoms. The van der Waals surface area contributed by atoms with E-state index in [2.05, 4.69) is 20.9 Å². The summed E-state index contributed by atoms with van der Waals surface area (Å²) in [5, 5.41) is 1.98. The fourth-order valence-electron chi connectivity index (χ4n) is 0.558. The average Bonchev–Trinajstić information content (AvgIpc) is 2.34. The molecule has 0 aliphatic heterocycles. The molecule has 0 aliphatic rings. The Morgan fingerprint density at radius 1 is 1.80 bits per heavy atom. The minimum absolute atomic E-state index is 0.593.